The highest BCUT2D eigenvalue weighted by atomic mass is 32.2. The van der Waals surface area contributed by atoms with Crippen LogP contribution in [-0.4, -0.2) is 39.8 Å². The summed E-state index contributed by atoms with van der Waals surface area (Å²) in [7, 11) is 1.00. The Balaban J connectivity index is 0.00000127. The number of rotatable bonds is 8. The zero-order valence-electron chi connectivity index (χ0n) is 13.3. The molecule has 0 fully saturated rings. The third kappa shape index (κ3) is 7.75. The minimum absolute atomic E-state index is 0.0141. The number of carbonyl (C=O) groups excluding carboxylic acids is 1. The lowest BCUT2D eigenvalue weighted by atomic mass is 10.4. The van der Waals surface area contributed by atoms with Crippen molar-refractivity contribution in [3.8, 4) is 5.75 Å². The number of carbonyl (C=O) groups is 1. The van der Waals surface area contributed by atoms with Gasteiger partial charge in [-0.15, -0.1) is 0 Å². The van der Waals surface area contributed by atoms with Crippen molar-refractivity contribution in [2.75, 3.05) is 19.5 Å². The van der Waals surface area contributed by atoms with Crippen LogP contribution in [-0.2, 0) is 17.8 Å². The molecule has 2 heterocycles. The van der Waals surface area contributed by atoms with Gasteiger partial charge in [-0.1, -0.05) is 23.8 Å². The number of aliphatic hydroxyl groups excluding tert-OH is 1. The van der Waals surface area contributed by atoms with Crippen LogP contribution in [0.1, 0.15) is 19.2 Å². The second-order valence-corrected chi connectivity index (χ2v) is 5.52. The van der Waals surface area contributed by atoms with Crippen LogP contribution >= 0.6 is 11.8 Å². The monoisotopic (exact) mass is 340 g/mol. The van der Waals surface area contributed by atoms with E-state index in [-0.39, 0.29) is 11.7 Å². The summed E-state index contributed by atoms with van der Waals surface area (Å²) in [6.07, 6.45) is 6.92. The topological polar surface area (TPSA) is 89.3 Å². The van der Waals surface area contributed by atoms with Gasteiger partial charge in [0, 0.05) is 37.8 Å². The molecule has 8 heteroatoms. The van der Waals surface area contributed by atoms with E-state index in [1.54, 1.807) is 0 Å². The van der Waals surface area contributed by atoms with E-state index in [4.69, 9.17) is 14.4 Å². The Morgan fingerprint density at radius 2 is 2.13 bits per heavy atom. The van der Waals surface area contributed by atoms with E-state index >= 15 is 0 Å². The van der Waals surface area contributed by atoms with Gasteiger partial charge in [0.25, 0.3) is 0 Å². The van der Waals surface area contributed by atoms with Crippen LogP contribution in [0, 0.1) is 0 Å². The van der Waals surface area contributed by atoms with E-state index in [2.05, 4.69) is 21.6 Å². The molecule has 0 atom stereocenters. The first-order valence-electron chi connectivity index (χ1n) is 7.25. The molecule has 0 unspecified atom stereocenters. The second-order valence-electron chi connectivity index (χ2n) is 4.37. The van der Waals surface area contributed by atoms with Gasteiger partial charge in [0.15, 0.2) is 25.3 Å². The van der Waals surface area contributed by atoms with Crippen molar-refractivity contribution in [3.63, 3.8) is 0 Å². The van der Waals surface area contributed by atoms with Gasteiger partial charge in [0.2, 0.25) is 11.0 Å². The molecule has 2 rings (SSSR count). The van der Waals surface area contributed by atoms with Crippen molar-refractivity contribution in [2.24, 2.45) is 0 Å². The normalized spacial score (nSPS) is 9.87. The van der Waals surface area contributed by atoms with Gasteiger partial charge in [-0.25, -0.2) is 4.57 Å². The number of hydrogen-bond acceptors (Lipinski definition) is 7. The summed E-state index contributed by atoms with van der Waals surface area (Å²) in [6.45, 7) is 3.17. The first kappa shape index (κ1) is 19.1. The number of aromatic nitrogens is 3. The summed E-state index contributed by atoms with van der Waals surface area (Å²) in [5.74, 6) is 1.85. The van der Waals surface area contributed by atoms with Crippen molar-refractivity contribution < 1.29 is 23.7 Å². The summed E-state index contributed by atoms with van der Waals surface area (Å²) in [4.78, 5) is 15.6. The van der Waals surface area contributed by atoms with Crippen molar-refractivity contribution >= 4 is 16.9 Å². The van der Waals surface area contributed by atoms with Crippen LogP contribution in [0.25, 0.3) is 0 Å². The lowest BCUT2D eigenvalue weighted by Crippen LogP contribution is -2.31. The minimum atomic E-state index is -0.0141. The Morgan fingerprint density at radius 3 is 2.74 bits per heavy atom. The molecule has 0 saturated heterocycles. The van der Waals surface area contributed by atoms with Crippen LogP contribution in [0.15, 0.2) is 35.4 Å². The Kier molecular flexibility index (Phi) is 9.65. The summed E-state index contributed by atoms with van der Waals surface area (Å²) in [5, 5.41) is 10.5. The first-order valence-corrected chi connectivity index (χ1v) is 8.24. The smallest absolute Gasteiger partial charge is 0.227 e. The molecule has 0 bridgehead atoms. The molecule has 0 aliphatic carbocycles. The number of thioether (sulfide) groups is 1. The van der Waals surface area contributed by atoms with Crippen molar-refractivity contribution in [2.45, 2.75) is 26.3 Å². The van der Waals surface area contributed by atoms with Crippen LogP contribution < -0.4 is 9.30 Å². The van der Waals surface area contributed by atoms with Gasteiger partial charge in [-0.3, -0.25) is 4.79 Å². The number of hydrogen-bond donors (Lipinski definition) is 1. The first-order chi connectivity index (χ1) is 11.3. The highest BCUT2D eigenvalue weighted by molar-refractivity contribution is 8.13. The Hall–Kier alpha value is -1.93. The fraction of sp³-hybridized carbons (Fsp3) is 0.467. The van der Waals surface area contributed by atoms with Gasteiger partial charge in [0.05, 0.1) is 0 Å². The zero-order valence-corrected chi connectivity index (χ0v) is 14.2. The largest absolute Gasteiger partial charge is 0.484 e. The fourth-order valence-corrected chi connectivity index (χ4v) is 2.34. The van der Waals surface area contributed by atoms with Crippen LogP contribution in [0.5, 0.6) is 5.75 Å². The molecule has 0 aliphatic rings. The van der Waals surface area contributed by atoms with Gasteiger partial charge < -0.3 is 14.4 Å². The van der Waals surface area contributed by atoms with Gasteiger partial charge in [0.1, 0.15) is 12.3 Å². The van der Waals surface area contributed by atoms with E-state index in [0.717, 1.165) is 20.1 Å². The third-order valence-corrected chi connectivity index (χ3v) is 3.53. The Labute approximate surface area is 139 Å². The lowest BCUT2D eigenvalue weighted by Gasteiger charge is -2.04. The number of pyridine rings is 1. The van der Waals surface area contributed by atoms with E-state index in [1.807, 2.05) is 24.5 Å². The molecule has 1 N–H and O–H groups in total. The summed E-state index contributed by atoms with van der Waals surface area (Å²) < 4.78 is 12.4. The molecule has 0 amide bonds. The van der Waals surface area contributed by atoms with Gasteiger partial charge in [-0.05, 0) is 0 Å². The predicted molar refractivity (Wildman–Crippen MR) is 86.0 cm³/mol. The molecule has 126 valence electrons. The van der Waals surface area contributed by atoms with Crippen LogP contribution in [0.3, 0.4) is 0 Å². The standard InChI is InChI=1S/C14H18N3O3S.CH4O/c1-2-6-17-7-3-12(4-8-17)19-10-14(18)21-9-5-13-15-11-16-20-13;1-2/h3-4,7-8,11H,2,5-6,9-10H2,1H3;2H,1H3/q+1;. The maximum absolute atomic E-state index is 11.7. The second kappa shape index (κ2) is 11.6. The van der Waals surface area contributed by atoms with Crippen LogP contribution in [0.2, 0.25) is 0 Å². The zero-order chi connectivity index (χ0) is 16.9. The van der Waals surface area contributed by atoms with E-state index < -0.39 is 0 Å². The SMILES string of the molecule is CCC[n+]1ccc(OCC(=O)SCCc2ncno2)cc1.CO. The highest BCUT2D eigenvalue weighted by Gasteiger charge is 2.07. The van der Waals surface area contributed by atoms with Crippen LogP contribution in [0.4, 0.5) is 0 Å². The molecular weight excluding hydrogens is 318 g/mol. The quantitative estimate of drug-likeness (QED) is 0.724. The minimum Gasteiger partial charge on any atom is -0.484 e. The Morgan fingerprint density at radius 1 is 1.39 bits per heavy atom. The maximum Gasteiger partial charge on any atom is 0.227 e. The molecule has 0 aromatic carbocycles. The van der Waals surface area contributed by atoms with E-state index in [1.165, 1.54) is 18.1 Å². The van der Waals surface area contributed by atoms with Crippen molar-refractivity contribution in [3.05, 3.63) is 36.7 Å². The maximum atomic E-state index is 11.7. The molecule has 0 spiro atoms. The average molecular weight is 340 g/mol. The third-order valence-electron chi connectivity index (χ3n) is 2.68. The number of ether oxygens (including phenoxy) is 1. The molecule has 2 aromatic rings. The average Bonchev–Trinajstić information content (AvgIpc) is 3.10. The summed E-state index contributed by atoms with van der Waals surface area (Å²) in [6, 6.07) is 3.73. The number of aryl methyl sites for hydroxylation is 2. The molecule has 0 aliphatic heterocycles. The molecule has 0 saturated carbocycles. The summed E-state index contributed by atoms with van der Waals surface area (Å²) in [5.41, 5.74) is 0. The lowest BCUT2D eigenvalue weighted by molar-refractivity contribution is -0.697. The van der Waals surface area contributed by atoms with Gasteiger partial charge >= 0.3 is 0 Å². The molecule has 0 radical (unpaired) electrons. The predicted octanol–water partition coefficient (Wildman–Crippen LogP) is 1.26. The van der Waals surface area contributed by atoms with E-state index in [9.17, 15) is 4.79 Å². The highest BCUT2D eigenvalue weighted by Crippen LogP contribution is 2.10. The summed E-state index contributed by atoms with van der Waals surface area (Å²) >= 11 is 1.21. The van der Waals surface area contributed by atoms with Crippen molar-refractivity contribution in [1.29, 1.82) is 0 Å². The molecular formula is C15H22N3O4S+. The molecule has 2 aromatic heterocycles. The van der Waals surface area contributed by atoms with Crippen molar-refractivity contribution in [1.82, 2.24) is 10.1 Å². The van der Waals surface area contributed by atoms with Gasteiger partial charge in [-0.2, -0.15) is 4.98 Å². The number of aliphatic hydroxyl groups is 1. The van der Waals surface area contributed by atoms with E-state index in [0.29, 0.717) is 23.8 Å². The fourth-order valence-electron chi connectivity index (χ4n) is 1.69. The molecule has 7 nitrogen and oxygen atoms in total. The number of nitrogens with zero attached hydrogens (tertiary/aromatic N) is 3. The molecule has 23 heavy (non-hydrogen) atoms. The Bertz CT molecular complexity index is 546.